The molecule has 1 saturated heterocycles. The van der Waals surface area contributed by atoms with Gasteiger partial charge >= 0.3 is 5.97 Å². The standard InChI is InChI=1S/C27H28N2O6/c1-2-34-20-14-12-19(13-15-20)28-24(30)17-35-27(33)23(16-18-8-4-3-5-9-18)29-25(31)21-10-6-7-11-22(21)26(29)32/h3-9,12-15,21-23H,2,10-11,16-17H2,1H3,(H,28,30)/t21-,22-,23+/m1/s1. The van der Waals surface area contributed by atoms with Gasteiger partial charge < -0.3 is 14.8 Å². The van der Waals surface area contributed by atoms with Crippen LogP contribution in [0.15, 0.2) is 66.7 Å². The predicted molar refractivity (Wildman–Crippen MR) is 128 cm³/mol. The Bertz CT molecular complexity index is 1090. The van der Waals surface area contributed by atoms with Gasteiger partial charge in [0.2, 0.25) is 11.8 Å². The molecule has 3 atom stereocenters. The first-order chi connectivity index (χ1) is 17.0. The summed E-state index contributed by atoms with van der Waals surface area (Å²) in [5.41, 5.74) is 1.30. The molecule has 4 rings (SSSR count). The van der Waals surface area contributed by atoms with Crippen molar-refractivity contribution in [1.82, 2.24) is 4.90 Å². The molecule has 1 N–H and O–H groups in total. The molecule has 1 aliphatic heterocycles. The van der Waals surface area contributed by atoms with Crippen molar-refractivity contribution in [2.45, 2.75) is 32.2 Å². The number of rotatable bonds is 9. The number of amides is 3. The van der Waals surface area contributed by atoms with E-state index in [0.29, 0.717) is 30.9 Å². The van der Waals surface area contributed by atoms with Crippen LogP contribution >= 0.6 is 0 Å². The van der Waals surface area contributed by atoms with E-state index in [1.165, 1.54) is 0 Å². The number of hydrogen-bond acceptors (Lipinski definition) is 6. The Hall–Kier alpha value is -3.94. The Balaban J connectivity index is 1.44. The number of nitrogens with zero attached hydrogens (tertiary/aromatic N) is 1. The number of anilines is 1. The Morgan fingerprint density at radius 2 is 1.60 bits per heavy atom. The molecule has 0 radical (unpaired) electrons. The van der Waals surface area contributed by atoms with E-state index in [4.69, 9.17) is 9.47 Å². The Morgan fingerprint density at radius 1 is 0.971 bits per heavy atom. The van der Waals surface area contributed by atoms with E-state index in [2.05, 4.69) is 5.32 Å². The molecule has 182 valence electrons. The fourth-order valence-corrected chi connectivity index (χ4v) is 4.48. The number of allylic oxidation sites excluding steroid dienone is 2. The number of nitrogens with one attached hydrogen (secondary N) is 1. The molecule has 1 heterocycles. The molecule has 0 unspecified atom stereocenters. The molecule has 1 fully saturated rings. The third-order valence-corrected chi connectivity index (χ3v) is 6.19. The first-order valence-corrected chi connectivity index (χ1v) is 11.7. The lowest BCUT2D eigenvalue weighted by atomic mass is 9.85. The molecule has 35 heavy (non-hydrogen) atoms. The summed E-state index contributed by atoms with van der Waals surface area (Å²) in [6.45, 7) is 1.87. The van der Waals surface area contributed by atoms with Crippen LogP contribution in [0, 0.1) is 11.8 Å². The number of ether oxygens (including phenoxy) is 2. The fraction of sp³-hybridized carbons (Fsp3) is 0.333. The maximum absolute atomic E-state index is 13.1. The van der Waals surface area contributed by atoms with Gasteiger partial charge in [-0.3, -0.25) is 19.3 Å². The van der Waals surface area contributed by atoms with Crippen molar-refractivity contribution in [2.24, 2.45) is 11.8 Å². The normalized spacial score (nSPS) is 19.7. The van der Waals surface area contributed by atoms with Crippen molar-refractivity contribution in [1.29, 1.82) is 0 Å². The van der Waals surface area contributed by atoms with Crippen LogP contribution < -0.4 is 10.1 Å². The lowest BCUT2D eigenvalue weighted by Crippen LogP contribution is -2.48. The summed E-state index contributed by atoms with van der Waals surface area (Å²) in [6.07, 6.45) is 4.86. The number of benzene rings is 2. The molecular formula is C27H28N2O6. The largest absolute Gasteiger partial charge is 0.494 e. The van der Waals surface area contributed by atoms with Crippen molar-refractivity contribution in [3.63, 3.8) is 0 Å². The third kappa shape index (κ3) is 5.59. The highest BCUT2D eigenvalue weighted by Crippen LogP contribution is 2.36. The topological polar surface area (TPSA) is 102 Å². The van der Waals surface area contributed by atoms with Gasteiger partial charge in [-0.15, -0.1) is 0 Å². The second-order valence-corrected chi connectivity index (χ2v) is 8.52. The minimum absolute atomic E-state index is 0.116. The van der Waals surface area contributed by atoms with Gasteiger partial charge in [0.1, 0.15) is 11.8 Å². The van der Waals surface area contributed by atoms with Gasteiger partial charge in [0, 0.05) is 12.1 Å². The molecule has 0 bridgehead atoms. The van der Waals surface area contributed by atoms with E-state index in [9.17, 15) is 19.2 Å². The molecule has 2 aromatic carbocycles. The molecule has 2 aliphatic rings. The molecule has 8 nitrogen and oxygen atoms in total. The maximum Gasteiger partial charge on any atom is 0.330 e. The Kier molecular flexibility index (Phi) is 7.60. The first kappa shape index (κ1) is 24.2. The maximum atomic E-state index is 13.1. The fourth-order valence-electron chi connectivity index (χ4n) is 4.48. The summed E-state index contributed by atoms with van der Waals surface area (Å²) < 4.78 is 10.7. The van der Waals surface area contributed by atoms with Crippen LogP contribution in [-0.4, -0.2) is 47.8 Å². The third-order valence-electron chi connectivity index (χ3n) is 6.19. The molecule has 1 aliphatic carbocycles. The molecule has 3 amide bonds. The summed E-state index contributed by atoms with van der Waals surface area (Å²) in [7, 11) is 0. The minimum Gasteiger partial charge on any atom is -0.494 e. The minimum atomic E-state index is -1.14. The number of carbonyl (C=O) groups excluding carboxylic acids is 4. The van der Waals surface area contributed by atoms with E-state index < -0.39 is 36.4 Å². The average Bonchev–Trinajstić information content (AvgIpc) is 3.13. The second-order valence-electron chi connectivity index (χ2n) is 8.52. The SMILES string of the molecule is CCOc1ccc(NC(=O)COC(=O)[C@H](Cc2ccccc2)N2C(=O)[C@@H]3CC=CC[C@H]3C2=O)cc1. The lowest BCUT2D eigenvalue weighted by Gasteiger charge is -2.25. The van der Waals surface area contributed by atoms with Gasteiger partial charge in [0.15, 0.2) is 6.61 Å². The van der Waals surface area contributed by atoms with Crippen LogP contribution in [0.2, 0.25) is 0 Å². The summed E-state index contributed by atoms with van der Waals surface area (Å²) in [5, 5.41) is 2.66. The quantitative estimate of drug-likeness (QED) is 0.339. The first-order valence-electron chi connectivity index (χ1n) is 11.7. The zero-order valence-electron chi connectivity index (χ0n) is 19.5. The summed E-state index contributed by atoms with van der Waals surface area (Å²) in [4.78, 5) is 52.8. The van der Waals surface area contributed by atoms with E-state index >= 15 is 0 Å². The highest BCUT2D eigenvalue weighted by atomic mass is 16.5. The Morgan fingerprint density at radius 3 is 2.20 bits per heavy atom. The van der Waals surface area contributed by atoms with Gasteiger partial charge in [-0.25, -0.2) is 4.79 Å². The van der Waals surface area contributed by atoms with Crippen LogP contribution in [0.1, 0.15) is 25.3 Å². The Labute approximate surface area is 203 Å². The van der Waals surface area contributed by atoms with Gasteiger partial charge in [-0.1, -0.05) is 42.5 Å². The van der Waals surface area contributed by atoms with Crippen molar-refractivity contribution >= 4 is 29.4 Å². The number of imide groups is 1. The smallest absolute Gasteiger partial charge is 0.330 e. The van der Waals surface area contributed by atoms with Gasteiger partial charge in [-0.05, 0) is 49.6 Å². The van der Waals surface area contributed by atoms with Gasteiger partial charge in [-0.2, -0.15) is 0 Å². The summed E-state index contributed by atoms with van der Waals surface area (Å²) in [6, 6.07) is 14.8. The van der Waals surface area contributed by atoms with Crippen LogP contribution in [0.25, 0.3) is 0 Å². The van der Waals surface area contributed by atoms with Crippen LogP contribution in [-0.2, 0) is 30.3 Å². The number of esters is 1. The predicted octanol–water partition coefficient (Wildman–Crippen LogP) is 3.13. The van der Waals surface area contributed by atoms with E-state index in [1.54, 1.807) is 24.3 Å². The molecule has 8 heteroatoms. The van der Waals surface area contributed by atoms with Gasteiger partial charge in [0.25, 0.3) is 5.91 Å². The molecule has 0 aromatic heterocycles. The summed E-state index contributed by atoms with van der Waals surface area (Å²) in [5.74, 6) is -2.27. The van der Waals surface area contributed by atoms with Gasteiger partial charge in [0.05, 0.1) is 18.4 Å². The van der Waals surface area contributed by atoms with Crippen LogP contribution in [0.4, 0.5) is 5.69 Å². The highest BCUT2D eigenvalue weighted by Gasteiger charge is 2.51. The van der Waals surface area contributed by atoms with Crippen molar-refractivity contribution < 1.29 is 28.7 Å². The number of fused-ring (bicyclic) bond motifs is 1. The van der Waals surface area contributed by atoms with E-state index in [1.807, 2.05) is 49.4 Å². The summed E-state index contributed by atoms with van der Waals surface area (Å²) >= 11 is 0. The zero-order chi connectivity index (χ0) is 24.8. The second kappa shape index (κ2) is 11.0. The van der Waals surface area contributed by atoms with Crippen LogP contribution in [0.3, 0.4) is 0 Å². The van der Waals surface area contributed by atoms with E-state index in [0.717, 1.165) is 10.5 Å². The van der Waals surface area contributed by atoms with E-state index in [-0.39, 0.29) is 18.2 Å². The molecule has 2 aromatic rings. The van der Waals surface area contributed by atoms with Crippen molar-refractivity contribution in [3.8, 4) is 5.75 Å². The lowest BCUT2D eigenvalue weighted by molar-refractivity contribution is -0.159. The van der Waals surface area contributed by atoms with Crippen molar-refractivity contribution in [2.75, 3.05) is 18.5 Å². The number of carbonyl (C=O) groups is 4. The monoisotopic (exact) mass is 476 g/mol. The highest BCUT2D eigenvalue weighted by molar-refractivity contribution is 6.08. The van der Waals surface area contributed by atoms with Crippen LogP contribution in [0.5, 0.6) is 5.75 Å². The zero-order valence-corrected chi connectivity index (χ0v) is 19.5. The average molecular weight is 477 g/mol. The molecular weight excluding hydrogens is 448 g/mol. The van der Waals surface area contributed by atoms with Crippen molar-refractivity contribution in [3.05, 3.63) is 72.3 Å². The molecule has 0 spiro atoms. The number of likely N-dealkylation sites (tertiary alicyclic amines) is 1. The molecule has 0 saturated carbocycles. The number of hydrogen-bond donors (Lipinski definition) is 1.